The Morgan fingerprint density at radius 2 is 1.82 bits per heavy atom. The fourth-order valence-electron chi connectivity index (χ4n) is 2.84. The molecule has 0 aliphatic rings. The number of aliphatic hydroxyl groups excluding tert-OH is 1. The number of hydrogen-bond donors (Lipinski definition) is 1. The molecule has 7 heteroatoms. The summed E-state index contributed by atoms with van der Waals surface area (Å²) < 4.78 is 7.53. The molecule has 3 aromatic carbocycles. The average molecular weight is 392 g/mol. The first-order valence-corrected chi connectivity index (χ1v) is 9.96. The van der Waals surface area contributed by atoms with Crippen LogP contribution in [0.1, 0.15) is 5.56 Å². The first-order chi connectivity index (χ1) is 13.7. The number of tetrazole rings is 1. The Labute approximate surface area is 167 Å². The van der Waals surface area contributed by atoms with Crippen LogP contribution < -0.4 is 4.74 Å². The lowest BCUT2D eigenvalue weighted by Crippen LogP contribution is -2.20. The molecule has 0 unspecified atom stereocenters. The summed E-state index contributed by atoms with van der Waals surface area (Å²) in [6, 6.07) is 21.9. The molecular weight excluding hydrogens is 372 g/mol. The van der Waals surface area contributed by atoms with Crippen LogP contribution in [0.15, 0.2) is 71.9 Å². The minimum atomic E-state index is -0.646. The van der Waals surface area contributed by atoms with E-state index < -0.39 is 6.10 Å². The molecular formula is C21H20N4O2S. The van der Waals surface area contributed by atoms with Gasteiger partial charge in [0.25, 0.3) is 0 Å². The largest absolute Gasteiger partial charge is 0.490 e. The van der Waals surface area contributed by atoms with Gasteiger partial charge in [-0.05, 0) is 40.9 Å². The third-order valence-corrected chi connectivity index (χ3v) is 5.37. The molecule has 0 saturated carbocycles. The summed E-state index contributed by atoms with van der Waals surface area (Å²) in [5, 5.41) is 25.0. The second-order valence-corrected chi connectivity index (χ2v) is 7.45. The molecule has 0 saturated heterocycles. The maximum atomic E-state index is 10.4. The fraction of sp³-hybridized carbons (Fsp3) is 0.190. The van der Waals surface area contributed by atoms with Gasteiger partial charge in [0.15, 0.2) is 0 Å². The highest BCUT2D eigenvalue weighted by atomic mass is 32.2. The highest BCUT2D eigenvalue weighted by Crippen LogP contribution is 2.25. The number of ether oxygens (including phenoxy) is 1. The highest BCUT2D eigenvalue weighted by Gasteiger charge is 2.13. The van der Waals surface area contributed by atoms with Crippen LogP contribution in [0.2, 0.25) is 0 Å². The van der Waals surface area contributed by atoms with Crippen LogP contribution in [-0.4, -0.2) is 43.8 Å². The molecule has 142 valence electrons. The van der Waals surface area contributed by atoms with Crippen molar-refractivity contribution < 1.29 is 9.84 Å². The van der Waals surface area contributed by atoms with Crippen LogP contribution in [0, 0.1) is 6.92 Å². The summed E-state index contributed by atoms with van der Waals surface area (Å²) in [5.41, 5.74) is 2.06. The van der Waals surface area contributed by atoms with Crippen molar-refractivity contribution in [1.82, 2.24) is 20.2 Å². The van der Waals surface area contributed by atoms with Crippen molar-refractivity contribution >= 4 is 22.5 Å². The quantitative estimate of drug-likeness (QED) is 0.484. The first kappa shape index (κ1) is 18.5. The zero-order valence-corrected chi connectivity index (χ0v) is 16.2. The minimum absolute atomic E-state index is 0.201. The molecule has 28 heavy (non-hydrogen) atoms. The van der Waals surface area contributed by atoms with Gasteiger partial charge in [-0.25, -0.2) is 0 Å². The summed E-state index contributed by atoms with van der Waals surface area (Å²) >= 11 is 1.40. The molecule has 1 N–H and O–H groups in total. The van der Waals surface area contributed by atoms with Crippen LogP contribution in [-0.2, 0) is 0 Å². The molecule has 4 aromatic rings. The third-order valence-electron chi connectivity index (χ3n) is 4.31. The van der Waals surface area contributed by atoms with E-state index in [2.05, 4.69) is 15.5 Å². The standard InChI is InChI=1S/C21H20N4O2S/c1-15-9-11-17(12-10-15)25-21(22-23-24-25)28-14-18(26)13-27-20-8-4-6-16-5-2-3-7-19(16)20/h2-12,18,26H,13-14H2,1H3/t18-/m1/s1. The molecule has 1 aromatic heterocycles. The lowest BCUT2D eigenvalue weighted by Gasteiger charge is -2.13. The molecule has 0 aliphatic carbocycles. The van der Waals surface area contributed by atoms with Crippen LogP contribution >= 0.6 is 11.8 Å². The fourth-order valence-corrected chi connectivity index (χ4v) is 3.64. The van der Waals surface area contributed by atoms with E-state index in [9.17, 15) is 5.11 Å². The zero-order valence-electron chi connectivity index (χ0n) is 15.4. The zero-order chi connectivity index (χ0) is 19.3. The molecule has 0 aliphatic heterocycles. The van der Waals surface area contributed by atoms with Crippen LogP contribution in [0.4, 0.5) is 0 Å². The van der Waals surface area contributed by atoms with Crippen molar-refractivity contribution in [1.29, 1.82) is 0 Å². The van der Waals surface area contributed by atoms with Crippen molar-refractivity contribution in [2.75, 3.05) is 12.4 Å². The predicted molar refractivity (Wildman–Crippen MR) is 110 cm³/mol. The van der Waals surface area contributed by atoms with Gasteiger partial charge < -0.3 is 9.84 Å². The summed E-state index contributed by atoms with van der Waals surface area (Å²) in [6.07, 6.45) is -0.646. The van der Waals surface area contributed by atoms with E-state index in [0.717, 1.165) is 22.2 Å². The Morgan fingerprint density at radius 3 is 2.68 bits per heavy atom. The topological polar surface area (TPSA) is 73.1 Å². The Kier molecular flexibility index (Phi) is 5.55. The van der Waals surface area contributed by atoms with E-state index in [1.165, 1.54) is 17.3 Å². The Balaban J connectivity index is 1.37. The second-order valence-electron chi connectivity index (χ2n) is 6.46. The van der Waals surface area contributed by atoms with Gasteiger partial charge in [-0.1, -0.05) is 65.9 Å². The number of aliphatic hydroxyl groups is 1. The molecule has 0 fully saturated rings. The smallest absolute Gasteiger partial charge is 0.214 e. The van der Waals surface area contributed by atoms with Crippen LogP contribution in [0.25, 0.3) is 16.5 Å². The number of benzene rings is 3. The highest BCUT2D eigenvalue weighted by molar-refractivity contribution is 7.99. The van der Waals surface area contributed by atoms with Crippen molar-refractivity contribution in [3.8, 4) is 11.4 Å². The number of nitrogens with zero attached hydrogens (tertiary/aromatic N) is 4. The number of rotatable bonds is 7. The Morgan fingerprint density at radius 1 is 1.04 bits per heavy atom. The van der Waals surface area contributed by atoms with Gasteiger partial charge in [0.1, 0.15) is 12.4 Å². The predicted octanol–water partition coefficient (Wildman–Crippen LogP) is 3.66. The van der Waals surface area contributed by atoms with Crippen molar-refractivity contribution in [2.24, 2.45) is 0 Å². The molecule has 1 atom stereocenters. The number of fused-ring (bicyclic) bond motifs is 1. The lowest BCUT2D eigenvalue weighted by molar-refractivity contribution is 0.127. The summed E-state index contributed by atoms with van der Waals surface area (Å²) in [5.74, 6) is 1.20. The van der Waals surface area contributed by atoms with Gasteiger partial charge in [0.05, 0.1) is 11.8 Å². The van der Waals surface area contributed by atoms with Crippen LogP contribution in [0.3, 0.4) is 0 Å². The number of thioether (sulfide) groups is 1. The van der Waals surface area contributed by atoms with Gasteiger partial charge >= 0.3 is 0 Å². The van der Waals surface area contributed by atoms with Crippen molar-refractivity contribution in [3.63, 3.8) is 0 Å². The molecule has 6 nitrogen and oxygen atoms in total. The molecule has 0 radical (unpaired) electrons. The van der Waals surface area contributed by atoms with Crippen molar-refractivity contribution in [3.05, 3.63) is 72.3 Å². The average Bonchev–Trinajstić information content (AvgIpc) is 3.20. The molecule has 0 bridgehead atoms. The molecule has 0 spiro atoms. The molecule has 1 heterocycles. The van der Waals surface area contributed by atoms with Gasteiger partial charge in [-0.15, -0.1) is 5.10 Å². The monoisotopic (exact) mass is 392 g/mol. The SMILES string of the molecule is Cc1ccc(-n2nnnc2SC[C@H](O)COc2cccc3ccccc23)cc1. The lowest BCUT2D eigenvalue weighted by atomic mass is 10.1. The van der Waals surface area contributed by atoms with Gasteiger partial charge in [0.2, 0.25) is 5.16 Å². The van der Waals surface area contributed by atoms with Crippen molar-refractivity contribution in [2.45, 2.75) is 18.2 Å². The van der Waals surface area contributed by atoms with E-state index in [0.29, 0.717) is 10.9 Å². The second kappa shape index (κ2) is 8.41. The summed E-state index contributed by atoms with van der Waals surface area (Å²) in [7, 11) is 0. The van der Waals surface area contributed by atoms with Crippen LogP contribution in [0.5, 0.6) is 5.75 Å². The Hall–Kier alpha value is -2.90. The van der Waals surface area contributed by atoms with E-state index in [1.54, 1.807) is 4.68 Å². The van der Waals surface area contributed by atoms with Gasteiger partial charge in [-0.2, -0.15) is 4.68 Å². The Bertz CT molecular complexity index is 1060. The normalized spacial score (nSPS) is 12.2. The van der Waals surface area contributed by atoms with E-state index in [-0.39, 0.29) is 6.61 Å². The van der Waals surface area contributed by atoms with E-state index in [1.807, 2.05) is 73.7 Å². The number of aromatic nitrogens is 4. The third kappa shape index (κ3) is 4.16. The maximum Gasteiger partial charge on any atom is 0.214 e. The molecule has 4 rings (SSSR count). The summed E-state index contributed by atoms with van der Waals surface area (Å²) in [4.78, 5) is 0. The minimum Gasteiger partial charge on any atom is -0.490 e. The van der Waals surface area contributed by atoms with E-state index in [4.69, 9.17) is 4.74 Å². The maximum absolute atomic E-state index is 10.4. The number of aryl methyl sites for hydroxylation is 1. The number of hydrogen-bond acceptors (Lipinski definition) is 6. The first-order valence-electron chi connectivity index (χ1n) is 8.97. The molecule has 0 amide bonds. The van der Waals surface area contributed by atoms with E-state index >= 15 is 0 Å². The summed E-state index contributed by atoms with van der Waals surface area (Å²) in [6.45, 7) is 2.23. The van der Waals surface area contributed by atoms with Gasteiger partial charge in [-0.3, -0.25) is 0 Å². The van der Waals surface area contributed by atoms with Gasteiger partial charge in [0, 0.05) is 11.1 Å².